The summed E-state index contributed by atoms with van der Waals surface area (Å²) in [4.78, 5) is 22.3. The van der Waals surface area contributed by atoms with Gasteiger partial charge in [0.15, 0.2) is 0 Å². The second kappa shape index (κ2) is 4.42. The molecule has 1 saturated heterocycles. The first-order chi connectivity index (χ1) is 7.68. The van der Waals surface area contributed by atoms with E-state index in [1.165, 1.54) is 24.3 Å². The molecule has 0 aliphatic carbocycles. The molecule has 1 fully saturated rings. The highest BCUT2D eigenvalue weighted by molar-refractivity contribution is 5.99. The Kier molecular flexibility index (Phi) is 2.98. The Hall–Kier alpha value is -1.72. The predicted octanol–water partition coefficient (Wildman–Crippen LogP) is 0.940. The number of hydrogen-bond donors (Lipinski definition) is 1. The van der Waals surface area contributed by atoms with Gasteiger partial charge in [0.2, 0.25) is 12.1 Å². The van der Waals surface area contributed by atoms with Gasteiger partial charge in [0, 0.05) is 5.56 Å². The summed E-state index contributed by atoms with van der Waals surface area (Å²) in [6, 6.07) is 5.67. The number of hydrogen-bond acceptors (Lipinski definition) is 4. The molecule has 0 bridgehead atoms. The molecular weight excluding hydrogens is 212 g/mol. The van der Waals surface area contributed by atoms with E-state index in [2.05, 4.69) is 0 Å². The number of ether oxygens (including phenoxy) is 2. The van der Waals surface area contributed by atoms with E-state index in [-0.39, 0.29) is 11.3 Å². The Bertz CT molecular complexity index is 403. The highest BCUT2D eigenvalue weighted by Crippen LogP contribution is 2.13. The van der Waals surface area contributed by atoms with Gasteiger partial charge in [-0.1, -0.05) is 12.1 Å². The van der Waals surface area contributed by atoms with Crippen molar-refractivity contribution in [3.63, 3.8) is 0 Å². The Morgan fingerprint density at radius 2 is 1.56 bits per heavy atom. The van der Waals surface area contributed by atoms with E-state index >= 15 is 0 Å². The van der Waals surface area contributed by atoms with Crippen LogP contribution in [-0.4, -0.2) is 36.4 Å². The number of carboxylic acids is 1. The Balaban J connectivity index is 2.14. The second-order valence-electron chi connectivity index (χ2n) is 3.32. The zero-order valence-electron chi connectivity index (χ0n) is 8.38. The molecule has 1 aliphatic heterocycles. The van der Waals surface area contributed by atoms with Gasteiger partial charge in [0.05, 0.1) is 18.8 Å². The van der Waals surface area contributed by atoms with Crippen LogP contribution in [0.4, 0.5) is 0 Å². The van der Waals surface area contributed by atoms with E-state index in [0.29, 0.717) is 18.8 Å². The number of carbonyl (C=O) groups excluding carboxylic acids is 1. The molecule has 5 nitrogen and oxygen atoms in total. The largest absolute Gasteiger partial charge is 0.478 e. The van der Waals surface area contributed by atoms with Crippen molar-refractivity contribution in [2.45, 2.75) is 6.29 Å². The zero-order valence-corrected chi connectivity index (χ0v) is 8.38. The molecule has 2 rings (SSSR count). The lowest BCUT2D eigenvalue weighted by atomic mass is 10.1. The third-order valence-electron chi connectivity index (χ3n) is 2.25. The number of carbonyl (C=O) groups is 2. The van der Waals surface area contributed by atoms with Crippen molar-refractivity contribution >= 4 is 11.8 Å². The molecule has 0 spiro atoms. The lowest BCUT2D eigenvalue weighted by Gasteiger charge is -2.07. The maximum atomic E-state index is 11.7. The van der Waals surface area contributed by atoms with Gasteiger partial charge in [0.1, 0.15) is 0 Å². The van der Waals surface area contributed by atoms with Crippen molar-refractivity contribution in [2.24, 2.45) is 0 Å². The van der Waals surface area contributed by atoms with Gasteiger partial charge in [-0.15, -0.1) is 0 Å². The predicted molar refractivity (Wildman–Crippen MR) is 53.4 cm³/mol. The third-order valence-corrected chi connectivity index (χ3v) is 2.25. The number of aromatic carboxylic acids is 1. The summed E-state index contributed by atoms with van der Waals surface area (Å²) in [6.45, 7) is 0.813. The Morgan fingerprint density at radius 3 is 2.06 bits per heavy atom. The van der Waals surface area contributed by atoms with Crippen LogP contribution in [0.1, 0.15) is 20.7 Å². The molecule has 16 heavy (non-hydrogen) atoms. The molecule has 0 radical (unpaired) electrons. The van der Waals surface area contributed by atoms with Gasteiger partial charge >= 0.3 is 5.97 Å². The van der Waals surface area contributed by atoms with Gasteiger partial charge in [-0.05, 0) is 12.1 Å². The molecular formula is C11H10O5. The Morgan fingerprint density at radius 1 is 1.06 bits per heavy atom. The minimum absolute atomic E-state index is 0.143. The van der Waals surface area contributed by atoms with Crippen LogP contribution in [0.5, 0.6) is 0 Å². The molecule has 0 unspecified atom stereocenters. The lowest BCUT2D eigenvalue weighted by Crippen LogP contribution is -2.21. The molecule has 1 aromatic rings. The SMILES string of the molecule is O=C(O)c1ccc(C(=O)C2OCCO2)cc1. The van der Waals surface area contributed by atoms with Gasteiger partial charge in [0.25, 0.3) is 0 Å². The summed E-state index contributed by atoms with van der Waals surface area (Å²) in [5, 5.41) is 8.69. The van der Waals surface area contributed by atoms with Gasteiger partial charge in [-0.2, -0.15) is 0 Å². The van der Waals surface area contributed by atoms with Crippen molar-refractivity contribution in [3.8, 4) is 0 Å². The molecule has 1 heterocycles. The molecule has 0 saturated carbocycles. The van der Waals surface area contributed by atoms with Gasteiger partial charge in [-0.3, -0.25) is 4.79 Å². The number of rotatable bonds is 3. The second-order valence-corrected chi connectivity index (χ2v) is 3.32. The van der Waals surface area contributed by atoms with Crippen LogP contribution in [0.25, 0.3) is 0 Å². The normalized spacial score (nSPS) is 16.2. The van der Waals surface area contributed by atoms with Crippen LogP contribution in [0, 0.1) is 0 Å². The minimum atomic E-state index is -1.02. The van der Waals surface area contributed by atoms with Crippen molar-refractivity contribution in [1.82, 2.24) is 0 Å². The number of benzene rings is 1. The van der Waals surface area contributed by atoms with Crippen molar-refractivity contribution in [1.29, 1.82) is 0 Å². The van der Waals surface area contributed by atoms with E-state index in [4.69, 9.17) is 14.6 Å². The lowest BCUT2D eigenvalue weighted by molar-refractivity contribution is -0.0213. The topological polar surface area (TPSA) is 72.8 Å². The van der Waals surface area contributed by atoms with Crippen LogP contribution in [-0.2, 0) is 9.47 Å². The average Bonchev–Trinajstić information content (AvgIpc) is 2.81. The Labute approximate surface area is 91.6 Å². The fourth-order valence-electron chi connectivity index (χ4n) is 1.42. The first kappa shape index (κ1) is 10.8. The molecule has 0 aromatic heterocycles. The van der Waals surface area contributed by atoms with Crippen LogP contribution in [0.2, 0.25) is 0 Å². The van der Waals surface area contributed by atoms with Crippen molar-refractivity contribution < 1.29 is 24.2 Å². The molecule has 1 aliphatic rings. The maximum absolute atomic E-state index is 11.7. The first-order valence-electron chi connectivity index (χ1n) is 4.79. The zero-order chi connectivity index (χ0) is 11.5. The summed E-state index contributed by atoms with van der Waals surface area (Å²) < 4.78 is 10.1. The number of Topliss-reactive ketones (excluding diaryl/α,β-unsaturated/α-hetero) is 1. The molecule has 5 heteroatoms. The van der Waals surface area contributed by atoms with Crippen LogP contribution in [0.3, 0.4) is 0 Å². The van der Waals surface area contributed by atoms with Crippen LogP contribution in [0.15, 0.2) is 24.3 Å². The van der Waals surface area contributed by atoms with Crippen LogP contribution >= 0.6 is 0 Å². The average molecular weight is 222 g/mol. The summed E-state index contributed by atoms with van der Waals surface area (Å²) >= 11 is 0. The van der Waals surface area contributed by atoms with Crippen LogP contribution < -0.4 is 0 Å². The van der Waals surface area contributed by atoms with E-state index in [1.807, 2.05) is 0 Å². The highest BCUT2D eigenvalue weighted by Gasteiger charge is 2.25. The van der Waals surface area contributed by atoms with E-state index < -0.39 is 12.3 Å². The standard InChI is InChI=1S/C11H10O5/c12-9(11-15-5-6-16-11)7-1-3-8(4-2-7)10(13)14/h1-4,11H,5-6H2,(H,13,14). The fraction of sp³-hybridized carbons (Fsp3) is 0.273. The summed E-state index contributed by atoms with van der Waals surface area (Å²) in [6.07, 6.45) is -0.851. The fourth-order valence-corrected chi connectivity index (χ4v) is 1.42. The smallest absolute Gasteiger partial charge is 0.335 e. The minimum Gasteiger partial charge on any atom is -0.478 e. The summed E-state index contributed by atoms with van der Waals surface area (Å²) in [5.74, 6) is -1.30. The van der Waals surface area contributed by atoms with Gasteiger partial charge < -0.3 is 14.6 Å². The monoisotopic (exact) mass is 222 g/mol. The molecule has 84 valence electrons. The molecule has 1 N–H and O–H groups in total. The number of ketones is 1. The van der Waals surface area contributed by atoms with E-state index in [9.17, 15) is 9.59 Å². The molecule has 0 amide bonds. The molecule has 1 aromatic carbocycles. The maximum Gasteiger partial charge on any atom is 0.335 e. The quantitative estimate of drug-likeness (QED) is 0.770. The summed E-state index contributed by atoms with van der Waals surface area (Å²) in [7, 11) is 0. The first-order valence-corrected chi connectivity index (χ1v) is 4.79. The van der Waals surface area contributed by atoms with Crippen molar-refractivity contribution in [3.05, 3.63) is 35.4 Å². The highest BCUT2D eigenvalue weighted by atomic mass is 16.7. The van der Waals surface area contributed by atoms with E-state index in [1.54, 1.807) is 0 Å². The number of carboxylic acid groups (broad SMARTS) is 1. The van der Waals surface area contributed by atoms with Gasteiger partial charge in [-0.25, -0.2) is 4.79 Å². The van der Waals surface area contributed by atoms with E-state index in [0.717, 1.165) is 0 Å². The van der Waals surface area contributed by atoms with Crippen molar-refractivity contribution in [2.75, 3.05) is 13.2 Å². The third kappa shape index (κ3) is 2.10. The molecule has 0 atom stereocenters. The summed E-state index contributed by atoms with van der Waals surface area (Å²) in [5.41, 5.74) is 0.529.